The zero-order valence-electron chi connectivity index (χ0n) is 15.7. The predicted octanol–water partition coefficient (Wildman–Crippen LogP) is 5.08. The van der Waals surface area contributed by atoms with Crippen LogP contribution in [0, 0.1) is 17.4 Å². The molecule has 0 unspecified atom stereocenters. The summed E-state index contributed by atoms with van der Waals surface area (Å²) in [5.74, 6) is 1.92. The average molecular weight is 486 g/mol. The van der Waals surface area contributed by atoms with Gasteiger partial charge in [0, 0.05) is 26.2 Å². The maximum atomic E-state index is 9.95. The van der Waals surface area contributed by atoms with Crippen molar-refractivity contribution < 1.29 is 9.84 Å². The largest absolute Gasteiger partial charge is 0.504 e. The van der Waals surface area contributed by atoms with Gasteiger partial charge in [0.2, 0.25) is 5.78 Å². The van der Waals surface area contributed by atoms with Crippen molar-refractivity contribution in [2.75, 3.05) is 12.4 Å². The summed E-state index contributed by atoms with van der Waals surface area (Å²) in [4.78, 5) is 9.36. The van der Waals surface area contributed by atoms with Crippen molar-refractivity contribution in [1.82, 2.24) is 14.4 Å². The smallest absolute Gasteiger partial charge is 0.236 e. The normalized spacial score (nSPS) is 11.0. The molecule has 2 aromatic carbocycles. The minimum Gasteiger partial charge on any atom is -0.504 e. The van der Waals surface area contributed by atoms with Crippen LogP contribution in [-0.4, -0.2) is 26.6 Å². The zero-order valence-corrected chi connectivity index (χ0v) is 17.9. The molecule has 0 saturated heterocycles. The van der Waals surface area contributed by atoms with Gasteiger partial charge in [-0.1, -0.05) is 0 Å². The van der Waals surface area contributed by atoms with E-state index < -0.39 is 0 Å². The van der Waals surface area contributed by atoms with Crippen molar-refractivity contribution in [3.05, 3.63) is 63.5 Å². The third-order valence-corrected chi connectivity index (χ3v) is 5.19. The fourth-order valence-corrected chi connectivity index (χ4v) is 3.55. The summed E-state index contributed by atoms with van der Waals surface area (Å²) in [5, 5.41) is 13.4. The Balaban J connectivity index is 1.94. The molecule has 0 amide bonds. The molecule has 0 fully saturated rings. The molecule has 6 nitrogen and oxygen atoms in total. The highest BCUT2D eigenvalue weighted by Crippen LogP contribution is 2.36. The third-order valence-electron chi connectivity index (χ3n) is 4.47. The number of hydrogen-bond donors (Lipinski definition) is 2. The fraction of sp³-hybridized carbons (Fsp3) is 0.143. The zero-order chi connectivity index (χ0) is 19.8. The first-order chi connectivity index (χ1) is 13.5. The number of phenolic OH excluding ortho intramolecular Hbond substituents is 1. The topological polar surface area (TPSA) is 71.7 Å². The van der Waals surface area contributed by atoms with Crippen LogP contribution in [0.2, 0.25) is 0 Å². The van der Waals surface area contributed by atoms with Crippen molar-refractivity contribution in [2.45, 2.75) is 13.8 Å². The van der Waals surface area contributed by atoms with E-state index in [1.54, 1.807) is 12.1 Å². The number of rotatable bonds is 4. The number of ether oxygens (including phenoxy) is 1. The highest BCUT2D eigenvalue weighted by molar-refractivity contribution is 14.1. The summed E-state index contributed by atoms with van der Waals surface area (Å²) in [7, 11) is 1.53. The standard InChI is InChI=1S/C21H19IN4O2/c1-12-10-13(2)26-20(24-16-7-5-15(22)6-8-16)19(25-21(26)23-12)14-4-9-17(27)18(11-14)28-3/h4-11,24,27H,1-3H3. The molecule has 28 heavy (non-hydrogen) atoms. The van der Waals surface area contributed by atoms with Crippen LogP contribution in [0.1, 0.15) is 11.4 Å². The molecule has 0 aliphatic carbocycles. The van der Waals surface area contributed by atoms with Gasteiger partial charge >= 0.3 is 0 Å². The van der Waals surface area contributed by atoms with E-state index >= 15 is 0 Å². The van der Waals surface area contributed by atoms with E-state index in [9.17, 15) is 5.11 Å². The number of fused-ring (bicyclic) bond motifs is 1. The van der Waals surface area contributed by atoms with Gasteiger partial charge < -0.3 is 15.2 Å². The number of nitrogens with one attached hydrogen (secondary N) is 1. The molecule has 142 valence electrons. The number of nitrogens with zero attached hydrogens (tertiary/aromatic N) is 3. The van der Waals surface area contributed by atoms with Crippen LogP contribution in [0.5, 0.6) is 11.5 Å². The van der Waals surface area contributed by atoms with Gasteiger partial charge in [-0.05, 0) is 85.0 Å². The second-order valence-electron chi connectivity index (χ2n) is 6.50. The highest BCUT2D eigenvalue weighted by atomic mass is 127. The molecular weight excluding hydrogens is 467 g/mol. The number of methoxy groups -OCH3 is 1. The lowest BCUT2D eigenvalue weighted by Gasteiger charge is -2.12. The fourth-order valence-electron chi connectivity index (χ4n) is 3.19. The van der Waals surface area contributed by atoms with Crippen molar-refractivity contribution in [3.63, 3.8) is 0 Å². The van der Waals surface area contributed by atoms with E-state index in [-0.39, 0.29) is 5.75 Å². The van der Waals surface area contributed by atoms with Crippen molar-refractivity contribution in [1.29, 1.82) is 0 Å². The number of aromatic hydroxyl groups is 1. The number of imidazole rings is 1. The van der Waals surface area contributed by atoms with Crippen LogP contribution >= 0.6 is 22.6 Å². The lowest BCUT2D eigenvalue weighted by atomic mass is 10.1. The minimum atomic E-state index is 0.0901. The van der Waals surface area contributed by atoms with Crippen molar-refractivity contribution in [2.24, 2.45) is 0 Å². The molecule has 0 saturated carbocycles. The van der Waals surface area contributed by atoms with E-state index in [2.05, 4.69) is 32.9 Å². The maximum absolute atomic E-state index is 9.95. The van der Waals surface area contributed by atoms with Gasteiger partial charge in [-0.2, -0.15) is 0 Å². The highest BCUT2D eigenvalue weighted by Gasteiger charge is 2.18. The number of aryl methyl sites for hydroxylation is 2. The molecule has 0 aliphatic rings. The monoisotopic (exact) mass is 486 g/mol. The summed E-state index contributed by atoms with van der Waals surface area (Å²) in [6.07, 6.45) is 0. The van der Waals surface area contributed by atoms with Crippen LogP contribution in [0.3, 0.4) is 0 Å². The molecular formula is C21H19IN4O2. The SMILES string of the molecule is COc1cc(-c2nc3nc(C)cc(C)n3c2Nc2ccc(I)cc2)ccc1O. The molecule has 0 atom stereocenters. The first-order valence-electron chi connectivity index (χ1n) is 8.73. The Labute approximate surface area is 176 Å². The second kappa shape index (κ2) is 7.31. The van der Waals surface area contributed by atoms with E-state index in [4.69, 9.17) is 9.72 Å². The number of halogens is 1. The van der Waals surface area contributed by atoms with Gasteiger partial charge in [-0.3, -0.25) is 4.40 Å². The predicted molar refractivity (Wildman–Crippen MR) is 119 cm³/mol. The van der Waals surface area contributed by atoms with E-state index in [1.807, 2.05) is 54.6 Å². The van der Waals surface area contributed by atoms with Crippen LogP contribution in [-0.2, 0) is 0 Å². The van der Waals surface area contributed by atoms with E-state index in [1.165, 1.54) is 10.7 Å². The van der Waals surface area contributed by atoms with Gasteiger partial charge in [0.05, 0.1) is 7.11 Å². The molecule has 7 heteroatoms. The summed E-state index contributed by atoms with van der Waals surface area (Å²) in [6, 6.07) is 15.4. The van der Waals surface area contributed by atoms with Crippen molar-refractivity contribution >= 4 is 39.9 Å². The second-order valence-corrected chi connectivity index (χ2v) is 7.75. The van der Waals surface area contributed by atoms with E-state index in [0.29, 0.717) is 11.5 Å². The summed E-state index contributed by atoms with van der Waals surface area (Å²) >= 11 is 2.28. The van der Waals surface area contributed by atoms with Gasteiger partial charge in [0.1, 0.15) is 11.5 Å². The molecule has 0 radical (unpaired) electrons. The molecule has 0 aliphatic heterocycles. The first-order valence-corrected chi connectivity index (χ1v) is 9.81. The Bertz CT molecular complexity index is 1170. The summed E-state index contributed by atoms with van der Waals surface area (Å²) < 4.78 is 8.44. The quantitative estimate of drug-likeness (QED) is 0.394. The van der Waals surface area contributed by atoms with Crippen LogP contribution in [0.4, 0.5) is 11.5 Å². The third kappa shape index (κ3) is 3.37. The van der Waals surface area contributed by atoms with Gasteiger partial charge in [0.15, 0.2) is 11.5 Å². The number of aromatic nitrogens is 3. The Morgan fingerprint density at radius 3 is 2.50 bits per heavy atom. The summed E-state index contributed by atoms with van der Waals surface area (Å²) in [6.45, 7) is 3.99. The minimum absolute atomic E-state index is 0.0901. The number of benzene rings is 2. The van der Waals surface area contributed by atoms with E-state index in [0.717, 1.165) is 34.2 Å². The molecule has 2 N–H and O–H groups in total. The molecule has 4 aromatic rings. The molecule has 2 heterocycles. The maximum Gasteiger partial charge on any atom is 0.236 e. The lowest BCUT2D eigenvalue weighted by molar-refractivity contribution is 0.373. The Kier molecular flexibility index (Phi) is 4.84. The van der Waals surface area contributed by atoms with Crippen LogP contribution < -0.4 is 10.1 Å². The Morgan fingerprint density at radius 1 is 1.04 bits per heavy atom. The number of hydrogen-bond acceptors (Lipinski definition) is 5. The van der Waals surface area contributed by atoms with Gasteiger partial charge in [-0.15, -0.1) is 0 Å². The Morgan fingerprint density at radius 2 is 1.79 bits per heavy atom. The van der Waals surface area contributed by atoms with Crippen LogP contribution in [0.25, 0.3) is 17.0 Å². The van der Waals surface area contributed by atoms with Gasteiger partial charge in [0.25, 0.3) is 0 Å². The Hall–Kier alpha value is -2.81. The number of anilines is 2. The first kappa shape index (κ1) is 18.5. The lowest BCUT2D eigenvalue weighted by Crippen LogP contribution is -2.01. The molecule has 2 aromatic heterocycles. The van der Waals surface area contributed by atoms with Crippen LogP contribution in [0.15, 0.2) is 48.5 Å². The molecule has 0 bridgehead atoms. The average Bonchev–Trinajstić information content (AvgIpc) is 3.02. The molecule has 0 spiro atoms. The van der Waals surface area contributed by atoms with Gasteiger partial charge in [-0.25, -0.2) is 9.97 Å². The summed E-state index contributed by atoms with van der Waals surface area (Å²) in [5.41, 5.74) is 4.45. The van der Waals surface area contributed by atoms with Crippen molar-refractivity contribution in [3.8, 4) is 22.8 Å². The molecule has 4 rings (SSSR count). The number of phenols is 1.